The Bertz CT molecular complexity index is 485. The Morgan fingerprint density at radius 1 is 1.21 bits per heavy atom. The monoisotopic (exact) mass is 315 g/mol. The quantitative estimate of drug-likeness (QED) is 0.747. The molecule has 0 atom stereocenters. The summed E-state index contributed by atoms with van der Waals surface area (Å²) in [6.07, 6.45) is 1.77. The van der Waals surface area contributed by atoms with Crippen molar-refractivity contribution < 1.29 is 4.74 Å². The Balaban J connectivity index is 2.86. The van der Waals surface area contributed by atoms with Crippen LogP contribution >= 0.6 is 31.9 Å². The maximum absolute atomic E-state index is 5.21. The third-order valence-electron chi connectivity index (χ3n) is 2.01. The minimum absolute atomic E-state index is 0.811. The summed E-state index contributed by atoms with van der Waals surface area (Å²) >= 11 is 6.91. The van der Waals surface area contributed by atoms with E-state index in [0.717, 1.165) is 25.6 Å². The van der Waals surface area contributed by atoms with Crippen LogP contribution in [-0.4, -0.2) is 12.1 Å². The van der Waals surface area contributed by atoms with Gasteiger partial charge in [-0.1, -0.05) is 6.07 Å². The van der Waals surface area contributed by atoms with Gasteiger partial charge in [0.25, 0.3) is 0 Å². The van der Waals surface area contributed by atoms with E-state index in [-0.39, 0.29) is 0 Å². The van der Waals surface area contributed by atoms with Gasteiger partial charge in [0, 0.05) is 11.6 Å². The number of hydrogen-bond donors (Lipinski definition) is 0. The summed E-state index contributed by atoms with van der Waals surface area (Å²) in [4.78, 5) is 4.17. The molecule has 0 spiro atoms. The van der Waals surface area contributed by atoms with Crippen LogP contribution in [0.5, 0.6) is 5.75 Å². The normalized spacial score (nSPS) is 10.5. The lowest BCUT2D eigenvalue weighted by Gasteiger charge is -2.07. The number of aromatic nitrogens is 1. The Kier molecular flexibility index (Phi) is 2.74. The van der Waals surface area contributed by atoms with Crippen LogP contribution in [0.15, 0.2) is 33.5 Å². The van der Waals surface area contributed by atoms with Crippen molar-refractivity contribution in [2.75, 3.05) is 7.11 Å². The molecule has 2 rings (SSSR count). The second-order valence-electron chi connectivity index (χ2n) is 2.78. The SMILES string of the molecule is COc1ccc2ccnc(Br)c2c1Br. The topological polar surface area (TPSA) is 22.1 Å². The predicted molar refractivity (Wildman–Crippen MR) is 63.7 cm³/mol. The van der Waals surface area contributed by atoms with Gasteiger partial charge in [0.15, 0.2) is 0 Å². The second kappa shape index (κ2) is 3.87. The largest absolute Gasteiger partial charge is 0.496 e. The fourth-order valence-corrected chi connectivity index (χ4v) is 2.85. The molecule has 0 aliphatic carbocycles. The van der Waals surface area contributed by atoms with E-state index in [0.29, 0.717) is 0 Å². The van der Waals surface area contributed by atoms with Crippen LogP contribution in [0.2, 0.25) is 0 Å². The highest BCUT2D eigenvalue weighted by atomic mass is 79.9. The molecule has 0 unspecified atom stereocenters. The van der Waals surface area contributed by atoms with Gasteiger partial charge in [-0.3, -0.25) is 0 Å². The Morgan fingerprint density at radius 3 is 2.71 bits per heavy atom. The second-order valence-corrected chi connectivity index (χ2v) is 4.33. The van der Waals surface area contributed by atoms with Crippen molar-refractivity contribution in [2.45, 2.75) is 0 Å². The molecule has 14 heavy (non-hydrogen) atoms. The first-order chi connectivity index (χ1) is 6.74. The molecular weight excluding hydrogens is 310 g/mol. The zero-order chi connectivity index (χ0) is 10.1. The van der Waals surface area contributed by atoms with Crippen molar-refractivity contribution in [1.82, 2.24) is 4.98 Å². The standard InChI is InChI=1S/C10H7Br2NO/c1-14-7-3-2-6-4-5-13-10(12)8(6)9(7)11/h2-5H,1H3. The van der Waals surface area contributed by atoms with E-state index in [1.54, 1.807) is 13.3 Å². The highest BCUT2D eigenvalue weighted by molar-refractivity contribution is 9.11. The van der Waals surface area contributed by atoms with E-state index < -0.39 is 0 Å². The Hall–Kier alpha value is -0.610. The smallest absolute Gasteiger partial charge is 0.133 e. The molecule has 0 saturated heterocycles. The van der Waals surface area contributed by atoms with Gasteiger partial charge in [-0.25, -0.2) is 4.98 Å². The summed E-state index contributed by atoms with van der Waals surface area (Å²) in [6.45, 7) is 0. The minimum Gasteiger partial charge on any atom is -0.496 e. The number of ether oxygens (including phenoxy) is 1. The zero-order valence-electron chi connectivity index (χ0n) is 7.42. The van der Waals surface area contributed by atoms with E-state index >= 15 is 0 Å². The third-order valence-corrected chi connectivity index (χ3v) is 3.40. The van der Waals surface area contributed by atoms with E-state index in [4.69, 9.17) is 4.74 Å². The summed E-state index contributed by atoms with van der Waals surface area (Å²) in [7, 11) is 1.65. The van der Waals surface area contributed by atoms with E-state index in [2.05, 4.69) is 36.8 Å². The van der Waals surface area contributed by atoms with Crippen molar-refractivity contribution in [2.24, 2.45) is 0 Å². The Labute approximate surface area is 98.5 Å². The molecule has 0 bridgehead atoms. The molecule has 1 aromatic carbocycles. The number of rotatable bonds is 1. The van der Waals surface area contributed by atoms with Crippen LogP contribution in [-0.2, 0) is 0 Å². The summed E-state index contributed by atoms with van der Waals surface area (Å²) < 4.78 is 6.96. The average Bonchev–Trinajstić information content (AvgIpc) is 2.18. The number of hydrogen-bond acceptors (Lipinski definition) is 2. The fourth-order valence-electron chi connectivity index (χ4n) is 1.33. The first-order valence-electron chi connectivity index (χ1n) is 4.00. The van der Waals surface area contributed by atoms with E-state index in [1.807, 2.05) is 18.2 Å². The van der Waals surface area contributed by atoms with E-state index in [1.165, 1.54) is 0 Å². The fraction of sp³-hybridized carbons (Fsp3) is 0.100. The number of methoxy groups -OCH3 is 1. The summed E-state index contributed by atoms with van der Waals surface area (Å²) in [5.41, 5.74) is 0. The number of halogens is 2. The molecule has 1 aromatic heterocycles. The average molecular weight is 317 g/mol. The van der Waals surface area contributed by atoms with Gasteiger partial charge < -0.3 is 4.74 Å². The molecule has 0 radical (unpaired) electrons. The number of pyridine rings is 1. The van der Waals surface area contributed by atoms with Crippen LogP contribution in [0.1, 0.15) is 0 Å². The Morgan fingerprint density at radius 2 is 2.00 bits per heavy atom. The lowest BCUT2D eigenvalue weighted by Crippen LogP contribution is -1.87. The summed E-state index contributed by atoms with van der Waals surface area (Å²) in [5.74, 6) is 0.811. The molecule has 0 aliphatic rings. The molecule has 0 fully saturated rings. The molecule has 2 aromatic rings. The maximum Gasteiger partial charge on any atom is 0.133 e. The molecule has 4 heteroatoms. The zero-order valence-corrected chi connectivity index (χ0v) is 10.6. The molecular formula is C10H7Br2NO. The molecule has 1 heterocycles. The highest BCUT2D eigenvalue weighted by Gasteiger charge is 2.08. The molecule has 0 amide bonds. The van der Waals surface area contributed by atoms with Crippen molar-refractivity contribution in [1.29, 1.82) is 0 Å². The van der Waals surface area contributed by atoms with E-state index in [9.17, 15) is 0 Å². The molecule has 72 valence electrons. The first-order valence-corrected chi connectivity index (χ1v) is 5.59. The van der Waals surface area contributed by atoms with Crippen molar-refractivity contribution >= 4 is 42.6 Å². The molecule has 0 aliphatic heterocycles. The number of nitrogens with zero attached hydrogens (tertiary/aromatic N) is 1. The van der Waals surface area contributed by atoms with Gasteiger partial charge in [-0.15, -0.1) is 0 Å². The number of benzene rings is 1. The van der Waals surface area contributed by atoms with Crippen LogP contribution in [0.25, 0.3) is 10.8 Å². The lowest BCUT2D eigenvalue weighted by atomic mass is 10.2. The van der Waals surface area contributed by atoms with Crippen molar-refractivity contribution in [3.8, 4) is 5.75 Å². The van der Waals surface area contributed by atoms with Crippen LogP contribution in [0, 0.1) is 0 Å². The van der Waals surface area contributed by atoms with Gasteiger partial charge in [0.1, 0.15) is 10.4 Å². The van der Waals surface area contributed by atoms with Crippen LogP contribution in [0.4, 0.5) is 0 Å². The third kappa shape index (κ3) is 1.53. The van der Waals surface area contributed by atoms with Crippen LogP contribution < -0.4 is 4.74 Å². The highest BCUT2D eigenvalue weighted by Crippen LogP contribution is 2.35. The maximum atomic E-state index is 5.21. The van der Waals surface area contributed by atoms with Crippen molar-refractivity contribution in [3.63, 3.8) is 0 Å². The predicted octanol–water partition coefficient (Wildman–Crippen LogP) is 3.77. The van der Waals surface area contributed by atoms with Gasteiger partial charge in [-0.2, -0.15) is 0 Å². The number of fused-ring (bicyclic) bond motifs is 1. The summed E-state index contributed by atoms with van der Waals surface area (Å²) in [5, 5.41) is 2.16. The van der Waals surface area contributed by atoms with Gasteiger partial charge in [0.2, 0.25) is 0 Å². The molecule has 0 saturated carbocycles. The van der Waals surface area contributed by atoms with Gasteiger partial charge in [0.05, 0.1) is 11.6 Å². The molecule has 2 nitrogen and oxygen atoms in total. The molecule has 0 N–H and O–H groups in total. The first kappa shape index (κ1) is 9.93. The van der Waals surface area contributed by atoms with Crippen LogP contribution in [0.3, 0.4) is 0 Å². The summed E-state index contributed by atoms with van der Waals surface area (Å²) in [6, 6.07) is 5.90. The minimum atomic E-state index is 0.811. The lowest BCUT2D eigenvalue weighted by molar-refractivity contribution is 0.413. The van der Waals surface area contributed by atoms with Gasteiger partial charge in [-0.05, 0) is 49.4 Å². The van der Waals surface area contributed by atoms with Gasteiger partial charge >= 0.3 is 0 Å². The van der Waals surface area contributed by atoms with Crippen molar-refractivity contribution in [3.05, 3.63) is 33.5 Å².